The zero-order valence-corrected chi connectivity index (χ0v) is 12.5. The number of nitrogens with one attached hydrogen (secondary N) is 1. The second kappa shape index (κ2) is 6.16. The van der Waals surface area contributed by atoms with Gasteiger partial charge in [-0.05, 0) is 37.3 Å². The van der Waals surface area contributed by atoms with Crippen molar-refractivity contribution >= 4 is 5.82 Å². The van der Waals surface area contributed by atoms with Gasteiger partial charge in [0.25, 0.3) is 0 Å². The lowest BCUT2D eigenvalue weighted by Crippen LogP contribution is -2.28. The van der Waals surface area contributed by atoms with Crippen LogP contribution in [0.15, 0.2) is 30.9 Å². The van der Waals surface area contributed by atoms with Crippen LogP contribution in [0.5, 0.6) is 0 Å². The van der Waals surface area contributed by atoms with Crippen LogP contribution in [0.3, 0.4) is 0 Å². The highest BCUT2D eigenvalue weighted by Crippen LogP contribution is 2.29. The van der Waals surface area contributed by atoms with Crippen LogP contribution in [-0.4, -0.2) is 31.8 Å². The first-order chi connectivity index (χ1) is 10.7. The molecule has 1 unspecified atom stereocenters. The first kappa shape index (κ1) is 14.5. The van der Waals surface area contributed by atoms with Gasteiger partial charge < -0.3 is 15.0 Å². The Morgan fingerprint density at radius 3 is 3.05 bits per heavy atom. The van der Waals surface area contributed by atoms with E-state index in [0.717, 1.165) is 24.9 Å². The molecule has 2 N–H and O–H groups in total. The normalized spacial score (nSPS) is 24.1. The predicted molar refractivity (Wildman–Crippen MR) is 82.1 cm³/mol. The van der Waals surface area contributed by atoms with Gasteiger partial charge in [0, 0.05) is 18.9 Å². The molecule has 6 nitrogen and oxygen atoms in total. The second-order valence-electron chi connectivity index (χ2n) is 5.89. The average Bonchev–Trinajstić information content (AvgIpc) is 3.12. The number of nitrogens with zero attached hydrogens (tertiary/aromatic N) is 4. The molecule has 0 bridgehead atoms. The molecule has 0 amide bonds. The topological polar surface area (TPSA) is 86.8 Å². The summed E-state index contributed by atoms with van der Waals surface area (Å²) >= 11 is 0. The Hall–Kier alpha value is -2.39. The molecule has 2 heterocycles. The summed E-state index contributed by atoms with van der Waals surface area (Å²) in [5, 5.41) is 22.6. The number of aliphatic hydroxyl groups is 1. The number of anilines is 1. The maximum absolute atomic E-state index is 10.3. The van der Waals surface area contributed by atoms with E-state index in [1.165, 1.54) is 0 Å². The summed E-state index contributed by atoms with van der Waals surface area (Å²) < 4.78 is 2.04. The van der Waals surface area contributed by atoms with E-state index in [4.69, 9.17) is 5.26 Å². The molecule has 6 heteroatoms. The second-order valence-corrected chi connectivity index (χ2v) is 5.89. The molecule has 2 aromatic heterocycles. The minimum atomic E-state index is -0.401. The molecule has 0 aromatic carbocycles. The summed E-state index contributed by atoms with van der Waals surface area (Å²) in [6.45, 7) is 2.72. The number of pyridine rings is 1. The molecule has 0 aliphatic heterocycles. The molecule has 3 atom stereocenters. The smallest absolute Gasteiger partial charge is 0.145 e. The summed E-state index contributed by atoms with van der Waals surface area (Å²) in [6, 6.07) is 5.78. The van der Waals surface area contributed by atoms with Crippen molar-refractivity contribution in [3.63, 3.8) is 0 Å². The number of rotatable bonds is 4. The third-order valence-corrected chi connectivity index (χ3v) is 4.19. The van der Waals surface area contributed by atoms with Crippen LogP contribution in [0, 0.1) is 24.2 Å². The van der Waals surface area contributed by atoms with E-state index < -0.39 is 6.10 Å². The first-order valence-electron chi connectivity index (χ1n) is 7.44. The number of aliphatic hydroxyl groups excluding tert-OH is 1. The molecule has 1 fully saturated rings. The lowest BCUT2D eigenvalue weighted by atomic mass is 10.1. The number of aromatic nitrogens is 3. The van der Waals surface area contributed by atoms with Crippen LogP contribution in [0.25, 0.3) is 0 Å². The molecule has 1 saturated carbocycles. The molecule has 1 aliphatic rings. The van der Waals surface area contributed by atoms with E-state index in [1.807, 2.05) is 29.8 Å². The van der Waals surface area contributed by atoms with E-state index in [1.54, 1.807) is 12.5 Å². The van der Waals surface area contributed by atoms with Crippen LogP contribution in [-0.2, 0) is 6.54 Å². The van der Waals surface area contributed by atoms with E-state index in [-0.39, 0.29) is 6.04 Å². The van der Waals surface area contributed by atoms with Crippen molar-refractivity contribution in [3.8, 4) is 6.07 Å². The van der Waals surface area contributed by atoms with E-state index >= 15 is 0 Å². The van der Waals surface area contributed by atoms with Gasteiger partial charge in [0.05, 0.1) is 18.5 Å². The van der Waals surface area contributed by atoms with Crippen molar-refractivity contribution in [1.29, 1.82) is 5.26 Å². The van der Waals surface area contributed by atoms with Crippen LogP contribution < -0.4 is 5.32 Å². The lowest BCUT2D eigenvalue weighted by Gasteiger charge is -2.17. The Kier molecular flexibility index (Phi) is 4.07. The van der Waals surface area contributed by atoms with Gasteiger partial charge in [-0.15, -0.1) is 0 Å². The molecule has 0 radical (unpaired) electrons. The molecule has 3 rings (SSSR count). The van der Waals surface area contributed by atoms with Gasteiger partial charge in [-0.3, -0.25) is 0 Å². The summed E-state index contributed by atoms with van der Waals surface area (Å²) in [5.74, 6) is 1.05. The number of imidazole rings is 1. The Morgan fingerprint density at radius 1 is 1.45 bits per heavy atom. The molecular formula is C16H19N5O. The van der Waals surface area contributed by atoms with Gasteiger partial charge in [0.1, 0.15) is 17.6 Å². The van der Waals surface area contributed by atoms with Crippen molar-refractivity contribution in [3.05, 3.63) is 42.1 Å². The Morgan fingerprint density at radius 2 is 2.32 bits per heavy atom. The maximum atomic E-state index is 10.3. The predicted octanol–water partition coefficient (Wildman–Crippen LogP) is 1.71. The monoisotopic (exact) mass is 297 g/mol. The fourth-order valence-electron chi connectivity index (χ4n) is 3.03. The molecule has 22 heavy (non-hydrogen) atoms. The average molecular weight is 297 g/mol. The van der Waals surface area contributed by atoms with E-state index in [2.05, 4.69) is 21.4 Å². The standard InChI is InChI=1S/C16H19N5O/c1-11-2-3-16(20-14(11)8-17)19-13-6-12(7-15(13)22)9-21-5-4-18-10-21/h2-5,10,12-13,15,22H,6-7,9H2,1H3,(H,19,20)/t12?,13-,15-/m1/s1. The Balaban J connectivity index is 1.64. The van der Waals surface area contributed by atoms with Gasteiger partial charge in [-0.25, -0.2) is 9.97 Å². The highest BCUT2D eigenvalue weighted by atomic mass is 16.3. The largest absolute Gasteiger partial charge is 0.391 e. The van der Waals surface area contributed by atoms with Gasteiger partial charge in [0.15, 0.2) is 0 Å². The van der Waals surface area contributed by atoms with Crippen molar-refractivity contribution in [2.45, 2.75) is 38.5 Å². The van der Waals surface area contributed by atoms with Crippen molar-refractivity contribution in [2.75, 3.05) is 5.32 Å². The highest BCUT2D eigenvalue weighted by Gasteiger charge is 2.33. The maximum Gasteiger partial charge on any atom is 0.145 e. The van der Waals surface area contributed by atoms with Crippen molar-refractivity contribution < 1.29 is 5.11 Å². The summed E-state index contributed by atoms with van der Waals surface area (Å²) in [5.41, 5.74) is 1.28. The van der Waals surface area contributed by atoms with Crippen molar-refractivity contribution in [2.24, 2.45) is 5.92 Å². The number of nitriles is 1. The zero-order valence-electron chi connectivity index (χ0n) is 12.5. The number of aryl methyl sites for hydroxylation is 1. The van der Waals surface area contributed by atoms with Crippen LogP contribution in [0.2, 0.25) is 0 Å². The minimum absolute atomic E-state index is 0.0322. The fourth-order valence-corrected chi connectivity index (χ4v) is 3.03. The summed E-state index contributed by atoms with van der Waals surface area (Å²) in [4.78, 5) is 8.33. The van der Waals surface area contributed by atoms with Crippen LogP contribution in [0.4, 0.5) is 5.82 Å². The number of hydrogen-bond acceptors (Lipinski definition) is 5. The Labute approximate surface area is 129 Å². The summed E-state index contributed by atoms with van der Waals surface area (Å²) in [7, 11) is 0. The quantitative estimate of drug-likeness (QED) is 0.897. The van der Waals surface area contributed by atoms with Crippen LogP contribution >= 0.6 is 0 Å². The lowest BCUT2D eigenvalue weighted by molar-refractivity contribution is 0.166. The van der Waals surface area contributed by atoms with Gasteiger partial charge in [0.2, 0.25) is 0 Å². The molecule has 114 valence electrons. The molecular weight excluding hydrogens is 278 g/mol. The number of hydrogen-bond donors (Lipinski definition) is 2. The van der Waals surface area contributed by atoms with Crippen LogP contribution in [0.1, 0.15) is 24.1 Å². The first-order valence-corrected chi connectivity index (χ1v) is 7.44. The minimum Gasteiger partial charge on any atom is -0.391 e. The van der Waals surface area contributed by atoms with Gasteiger partial charge >= 0.3 is 0 Å². The third-order valence-electron chi connectivity index (χ3n) is 4.19. The highest BCUT2D eigenvalue weighted by molar-refractivity contribution is 5.43. The molecule has 2 aromatic rings. The Bertz CT molecular complexity index is 676. The zero-order chi connectivity index (χ0) is 15.5. The van der Waals surface area contributed by atoms with E-state index in [9.17, 15) is 5.11 Å². The van der Waals surface area contributed by atoms with Crippen molar-refractivity contribution in [1.82, 2.24) is 14.5 Å². The van der Waals surface area contributed by atoms with Gasteiger partial charge in [-0.1, -0.05) is 6.07 Å². The van der Waals surface area contributed by atoms with Gasteiger partial charge in [-0.2, -0.15) is 5.26 Å². The third kappa shape index (κ3) is 3.10. The molecule has 0 spiro atoms. The summed E-state index contributed by atoms with van der Waals surface area (Å²) in [6.07, 6.45) is 6.73. The SMILES string of the molecule is Cc1ccc(N[C@@H]2CC(Cn3ccnc3)C[C@H]2O)nc1C#N. The molecule has 0 saturated heterocycles. The molecule has 1 aliphatic carbocycles. The van der Waals surface area contributed by atoms with E-state index in [0.29, 0.717) is 17.4 Å². The fraction of sp³-hybridized carbons (Fsp3) is 0.438.